The van der Waals surface area contributed by atoms with E-state index in [-0.39, 0.29) is 5.75 Å². The molecule has 0 radical (unpaired) electrons. The Labute approximate surface area is 139 Å². The summed E-state index contributed by atoms with van der Waals surface area (Å²) in [5, 5.41) is 18.8. The standard InChI is InChI=1S/C19H14N4O/c24-18-13-11-15(12-14-18)19-20-22(16-7-3-1-4-8-16)23(21-19)17-9-5-2-6-10-17/h1-14H/p+1. The molecule has 0 aliphatic rings. The number of tetrazole rings is 1. The maximum absolute atomic E-state index is 9.47. The van der Waals surface area contributed by atoms with Crippen molar-refractivity contribution in [2.45, 2.75) is 0 Å². The molecule has 116 valence electrons. The van der Waals surface area contributed by atoms with E-state index in [2.05, 4.69) is 10.2 Å². The molecule has 0 aliphatic heterocycles. The second-order valence-electron chi connectivity index (χ2n) is 5.32. The first-order valence-electron chi connectivity index (χ1n) is 7.61. The van der Waals surface area contributed by atoms with E-state index in [0.717, 1.165) is 16.9 Å². The largest absolute Gasteiger partial charge is 0.508 e. The lowest BCUT2D eigenvalue weighted by molar-refractivity contribution is -0.734. The SMILES string of the molecule is Oc1ccc(-c2nn(-c3ccccc3)[n+](-c3ccccc3)n2)cc1. The van der Waals surface area contributed by atoms with Gasteiger partial charge >= 0.3 is 5.82 Å². The van der Waals surface area contributed by atoms with Crippen LogP contribution in [0.3, 0.4) is 0 Å². The van der Waals surface area contributed by atoms with Gasteiger partial charge in [-0.05, 0) is 58.4 Å². The zero-order chi connectivity index (χ0) is 16.4. The van der Waals surface area contributed by atoms with Crippen molar-refractivity contribution in [1.29, 1.82) is 0 Å². The average Bonchev–Trinajstić information content (AvgIpc) is 3.09. The predicted octanol–water partition coefficient (Wildman–Crippen LogP) is 2.92. The molecule has 1 N–H and O–H groups in total. The quantitative estimate of drug-likeness (QED) is 0.591. The van der Waals surface area contributed by atoms with E-state index in [9.17, 15) is 5.11 Å². The van der Waals surface area contributed by atoms with E-state index in [1.165, 1.54) is 0 Å². The first-order chi connectivity index (χ1) is 11.8. The van der Waals surface area contributed by atoms with Crippen molar-refractivity contribution in [3.63, 3.8) is 0 Å². The Morgan fingerprint density at radius 2 is 1.38 bits per heavy atom. The summed E-state index contributed by atoms with van der Waals surface area (Å²) in [6.45, 7) is 0. The maximum Gasteiger partial charge on any atom is 0.340 e. The van der Waals surface area contributed by atoms with Crippen molar-refractivity contribution < 1.29 is 9.90 Å². The van der Waals surface area contributed by atoms with Crippen molar-refractivity contribution in [3.05, 3.63) is 84.9 Å². The molecule has 4 aromatic rings. The predicted molar refractivity (Wildman–Crippen MR) is 90.0 cm³/mol. The molecule has 0 aliphatic carbocycles. The summed E-state index contributed by atoms with van der Waals surface area (Å²) in [4.78, 5) is 3.52. The average molecular weight is 315 g/mol. The monoisotopic (exact) mass is 315 g/mol. The Bertz CT molecular complexity index is 891. The Morgan fingerprint density at radius 1 is 0.750 bits per heavy atom. The summed E-state index contributed by atoms with van der Waals surface area (Å²) in [6.07, 6.45) is 0. The van der Waals surface area contributed by atoms with E-state index < -0.39 is 0 Å². The molecular weight excluding hydrogens is 300 g/mol. The number of hydrogen-bond acceptors (Lipinski definition) is 3. The lowest BCUT2D eigenvalue weighted by atomic mass is 10.2. The fourth-order valence-electron chi connectivity index (χ4n) is 2.47. The number of benzene rings is 3. The molecule has 1 aromatic heterocycles. The number of phenols is 1. The third-order valence-corrected chi connectivity index (χ3v) is 3.66. The molecule has 0 spiro atoms. The third kappa shape index (κ3) is 2.63. The Balaban J connectivity index is 1.89. The minimum atomic E-state index is 0.220. The number of aromatic nitrogens is 4. The first-order valence-corrected chi connectivity index (χ1v) is 7.61. The van der Waals surface area contributed by atoms with Gasteiger partial charge in [-0.3, -0.25) is 0 Å². The topological polar surface area (TPSA) is 54.8 Å². The zero-order valence-electron chi connectivity index (χ0n) is 12.8. The highest BCUT2D eigenvalue weighted by Crippen LogP contribution is 2.18. The van der Waals surface area contributed by atoms with Gasteiger partial charge in [0.2, 0.25) is 0 Å². The molecule has 5 heteroatoms. The lowest BCUT2D eigenvalue weighted by Gasteiger charge is -1.98. The molecule has 0 saturated carbocycles. The van der Waals surface area contributed by atoms with Crippen LogP contribution in [0.2, 0.25) is 0 Å². The summed E-state index contributed by atoms with van der Waals surface area (Å²) in [5.74, 6) is 0.805. The molecule has 3 aromatic carbocycles. The molecule has 1 heterocycles. The highest BCUT2D eigenvalue weighted by Gasteiger charge is 2.22. The fourth-order valence-corrected chi connectivity index (χ4v) is 2.47. The lowest BCUT2D eigenvalue weighted by Crippen LogP contribution is -2.43. The van der Waals surface area contributed by atoms with Gasteiger partial charge in [-0.25, -0.2) is 0 Å². The van der Waals surface area contributed by atoms with Crippen LogP contribution >= 0.6 is 0 Å². The molecule has 0 fully saturated rings. The second-order valence-corrected chi connectivity index (χ2v) is 5.32. The van der Waals surface area contributed by atoms with Gasteiger partial charge in [0.05, 0.1) is 10.7 Å². The van der Waals surface area contributed by atoms with Gasteiger partial charge in [-0.15, -0.1) is 0 Å². The van der Waals surface area contributed by atoms with Crippen LogP contribution in [-0.4, -0.2) is 20.1 Å². The number of nitrogens with zero attached hydrogens (tertiary/aromatic N) is 4. The van der Waals surface area contributed by atoms with Crippen molar-refractivity contribution >= 4 is 0 Å². The normalized spacial score (nSPS) is 10.7. The van der Waals surface area contributed by atoms with Crippen LogP contribution in [0.15, 0.2) is 84.9 Å². The third-order valence-electron chi connectivity index (χ3n) is 3.66. The molecular formula is C19H15N4O+. The molecule has 24 heavy (non-hydrogen) atoms. The highest BCUT2D eigenvalue weighted by atomic mass is 16.3. The van der Waals surface area contributed by atoms with Gasteiger partial charge in [-0.2, -0.15) is 0 Å². The van der Waals surface area contributed by atoms with E-state index >= 15 is 0 Å². The van der Waals surface area contributed by atoms with E-state index in [1.807, 2.05) is 60.7 Å². The molecule has 0 amide bonds. The van der Waals surface area contributed by atoms with Crippen LogP contribution in [-0.2, 0) is 0 Å². The summed E-state index contributed by atoms with van der Waals surface area (Å²) in [5.41, 5.74) is 2.67. The number of aromatic hydroxyl groups is 1. The van der Waals surface area contributed by atoms with E-state index in [4.69, 9.17) is 0 Å². The van der Waals surface area contributed by atoms with Gasteiger partial charge < -0.3 is 5.11 Å². The smallest absolute Gasteiger partial charge is 0.340 e. The summed E-state index contributed by atoms with van der Waals surface area (Å²) in [6, 6.07) is 26.6. The molecule has 0 unspecified atom stereocenters. The number of hydrogen-bond donors (Lipinski definition) is 1. The van der Waals surface area contributed by atoms with Crippen molar-refractivity contribution in [2.24, 2.45) is 0 Å². The highest BCUT2D eigenvalue weighted by molar-refractivity contribution is 5.55. The van der Waals surface area contributed by atoms with Gasteiger partial charge in [0.1, 0.15) is 11.4 Å². The van der Waals surface area contributed by atoms with Gasteiger partial charge in [0.25, 0.3) is 0 Å². The molecule has 0 saturated heterocycles. The summed E-state index contributed by atoms with van der Waals surface area (Å²) < 4.78 is 0. The van der Waals surface area contributed by atoms with Crippen LogP contribution in [0.25, 0.3) is 22.8 Å². The summed E-state index contributed by atoms with van der Waals surface area (Å²) in [7, 11) is 0. The van der Waals surface area contributed by atoms with Crippen LogP contribution < -0.4 is 4.80 Å². The molecule has 4 rings (SSSR count). The number of rotatable bonds is 3. The Kier molecular flexibility index (Phi) is 3.51. The Morgan fingerprint density at radius 3 is 2.04 bits per heavy atom. The molecule has 0 bridgehead atoms. The zero-order valence-corrected chi connectivity index (χ0v) is 12.8. The minimum Gasteiger partial charge on any atom is -0.508 e. The van der Waals surface area contributed by atoms with Gasteiger partial charge in [0.15, 0.2) is 5.69 Å². The van der Waals surface area contributed by atoms with Crippen LogP contribution in [0, 0.1) is 0 Å². The van der Waals surface area contributed by atoms with Crippen molar-refractivity contribution in [1.82, 2.24) is 15.0 Å². The summed E-state index contributed by atoms with van der Waals surface area (Å²) >= 11 is 0. The van der Waals surface area contributed by atoms with Gasteiger partial charge in [-0.1, -0.05) is 36.4 Å². The minimum absolute atomic E-state index is 0.220. The van der Waals surface area contributed by atoms with Gasteiger partial charge in [0, 0.05) is 4.80 Å². The number of phenolic OH excluding ortho intramolecular Hbond substituents is 1. The Hall–Kier alpha value is -3.47. The van der Waals surface area contributed by atoms with Crippen LogP contribution in [0.5, 0.6) is 5.75 Å². The van der Waals surface area contributed by atoms with E-state index in [0.29, 0.717) is 5.82 Å². The van der Waals surface area contributed by atoms with E-state index in [1.54, 1.807) is 33.9 Å². The first kappa shape index (κ1) is 14.1. The number of para-hydroxylation sites is 2. The molecule has 0 atom stereocenters. The van der Waals surface area contributed by atoms with Crippen LogP contribution in [0.4, 0.5) is 0 Å². The van der Waals surface area contributed by atoms with Crippen LogP contribution in [0.1, 0.15) is 0 Å². The fraction of sp³-hybridized carbons (Fsp3) is 0. The second kappa shape index (κ2) is 5.96. The molecule has 5 nitrogen and oxygen atoms in total. The van der Waals surface area contributed by atoms with Crippen molar-refractivity contribution in [3.8, 4) is 28.5 Å². The van der Waals surface area contributed by atoms with Crippen molar-refractivity contribution in [2.75, 3.05) is 0 Å². The maximum atomic E-state index is 9.47.